The number of carbonyl (C=O) groups is 1. The zero-order chi connectivity index (χ0) is 30.1. The van der Waals surface area contributed by atoms with Crippen molar-refractivity contribution in [2.24, 2.45) is 0 Å². The molecule has 0 aromatic heterocycles. The van der Waals surface area contributed by atoms with Gasteiger partial charge in [-0.3, -0.25) is 4.79 Å². The largest absolute Gasteiger partial charge is 0.469 e. The first-order valence-electron chi connectivity index (χ1n) is 14.5. The van der Waals surface area contributed by atoms with E-state index in [1.165, 1.54) is 71.3 Å². The molecular weight excluding hydrogens is 532 g/mol. The van der Waals surface area contributed by atoms with Crippen LogP contribution in [0.15, 0.2) is 0 Å². The fraction of sp³-hybridized carbons (Fsp3) is 0.963. The molecule has 2 rings (SSSR count). The molecule has 0 bridgehead atoms. The number of ether oxygens (including phenoxy) is 4. The van der Waals surface area contributed by atoms with E-state index in [9.17, 15) is 35.4 Å². The van der Waals surface area contributed by atoms with Crippen LogP contribution >= 0.6 is 0 Å². The number of hydrogen-bond acceptors (Lipinski definition) is 13. The van der Waals surface area contributed by atoms with E-state index in [0.717, 1.165) is 6.42 Å². The third kappa shape index (κ3) is 12.5. The molecule has 0 aromatic rings. The quantitative estimate of drug-likeness (QED) is 0.0846. The van der Waals surface area contributed by atoms with Gasteiger partial charge in [0.05, 0.1) is 20.3 Å². The van der Waals surface area contributed by atoms with Gasteiger partial charge in [-0.15, -0.1) is 0 Å². The molecule has 2 aliphatic heterocycles. The van der Waals surface area contributed by atoms with E-state index in [1.54, 1.807) is 0 Å². The molecule has 0 radical (unpaired) electrons. The molecule has 13 heteroatoms. The predicted molar refractivity (Wildman–Crippen MR) is 142 cm³/mol. The lowest BCUT2D eigenvalue weighted by molar-refractivity contribution is -0.376. The van der Waals surface area contributed by atoms with Crippen molar-refractivity contribution in [3.8, 4) is 0 Å². The molecule has 2 fully saturated rings. The standard InChI is InChI=1S/C15H30O2.C12H22O11/c1-3-4-5-6-7-8-9-10-11-12-13-14-15(16)17-2;13-1-3-5(15)7(17)9(19)11(21-3)23-12-10(20)8(18)6(16)4(2-14)22-12/h3-14H2,1-2H3;3-20H,1-2H2/t;3-,4-,5-,6-,7+,8+,9-,10-,11-,12-/m.1/s1. The van der Waals surface area contributed by atoms with Crippen molar-refractivity contribution in [3.63, 3.8) is 0 Å². The maximum absolute atomic E-state index is 10.8. The number of unbranched alkanes of at least 4 members (excludes halogenated alkanes) is 10. The zero-order valence-electron chi connectivity index (χ0n) is 23.8. The first kappa shape index (κ1) is 37.1. The molecule has 0 unspecified atom stereocenters. The van der Waals surface area contributed by atoms with Gasteiger partial charge in [0, 0.05) is 6.42 Å². The predicted octanol–water partition coefficient (Wildman–Crippen LogP) is -0.537. The van der Waals surface area contributed by atoms with E-state index >= 15 is 0 Å². The normalized spacial score (nSPS) is 34.1. The van der Waals surface area contributed by atoms with Gasteiger partial charge in [0.25, 0.3) is 0 Å². The van der Waals surface area contributed by atoms with Gasteiger partial charge in [0.1, 0.15) is 48.8 Å². The summed E-state index contributed by atoms with van der Waals surface area (Å²) in [6.45, 7) is 0.924. The minimum atomic E-state index is -1.72. The maximum Gasteiger partial charge on any atom is 0.305 e. The Labute approximate surface area is 236 Å². The summed E-state index contributed by atoms with van der Waals surface area (Å²) >= 11 is 0. The fourth-order valence-corrected chi connectivity index (χ4v) is 4.53. The summed E-state index contributed by atoms with van der Waals surface area (Å²) < 4.78 is 19.9. The molecular formula is C27H52O13. The number of aliphatic hydroxyl groups is 8. The summed E-state index contributed by atoms with van der Waals surface area (Å²) in [5.74, 6) is -0.0686. The second-order valence-corrected chi connectivity index (χ2v) is 10.4. The van der Waals surface area contributed by atoms with Gasteiger partial charge in [-0.1, -0.05) is 71.1 Å². The molecule has 40 heavy (non-hydrogen) atoms. The Morgan fingerprint density at radius 1 is 0.600 bits per heavy atom. The van der Waals surface area contributed by atoms with Gasteiger partial charge in [-0.05, 0) is 6.42 Å². The number of carbonyl (C=O) groups excluding carboxylic acids is 1. The van der Waals surface area contributed by atoms with Crippen LogP contribution in [-0.4, -0.2) is 129 Å². The first-order valence-corrected chi connectivity index (χ1v) is 14.5. The minimum absolute atomic E-state index is 0.0686. The topological polar surface area (TPSA) is 216 Å². The molecule has 2 saturated heterocycles. The van der Waals surface area contributed by atoms with E-state index in [4.69, 9.17) is 24.4 Å². The summed E-state index contributed by atoms with van der Waals surface area (Å²) in [7, 11) is 1.46. The first-order chi connectivity index (χ1) is 19.1. The van der Waals surface area contributed by atoms with Crippen molar-refractivity contribution in [1.82, 2.24) is 0 Å². The molecule has 13 nitrogen and oxygen atoms in total. The van der Waals surface area contributed by atoms with E-state index in [2.05, 4.69) is 11.7 Å². The van der Waals surface area contributed by atoms with Crippen LogP contribution in [-0.2, 0) is 23.7 Å². The summed E-state index contributed by atoms with van der Waals surface area (Å²) in [4.78, 5) is 10.8. The van der Waals surface area contributed by atoms with Crippen molar-refractivity contribution in [2.45, 2.75) is 145 Å². The van der Waals surface area contributed by atoms with Gasteiger partial charge < -0.3 is 59.8 Å². The third-order valence-electron chi connectivity index (χ3n) is 7.18. The molecule has 2 aliphatic rings. The van der Waals surface area contributed by atoms with Crippen molar-refractivity contribution in [2.75, 3.05) is 20.3 Å². The number of esters is 1. The third-order valence-corrected chi connectivity index (χ3v) is 7.18. The summed E-state index contributed by atoms with van der Waals surface area (Å²) in [5.41, 5.74) is 0. The molecule has 10 atom stereocenters. The highest BCUT2D eigenvalue weighted by atomic mass is 16.8. The average Bonchev–Trinajstić information content (AvgIpc) is 2.96. The Hall–Kier alpha value is -0.970. The zero-order valence-corrected chi connectivity index (χ0v) is 23.8. The van der Waals surface area contributed by atoms with E-state index in [-0.39, 0.29) is 5.97 Å². The summed E-state index contributed by atoms with van der Waals surface area (Å²) in [5, 5.41) is 76.4. The van der Waals surface area contributed by atoms with Crippen molar-refractivity contribution >= 4 is 5.97 Å². The lowest BCUT2D eigenvalue weighted by Gasteiger charge is -2.44. The molecule has 0 saturated carbocycles. The number of methoxy groups -OCH3 is 1. The van der Waals surface area contributed by atoms with Crippen molar-refractivity contribution in [1.29, 1.82) is 0 Å². The van der Waals surface area contributed by atoms with Crippen LogP contribution in [0, 0.1) is 0 Å². The Kier molecular flexibility index (Phi) is 19.3. The molecule has 0 aromatic carbocycles. The number of hydrogen-bond donors (Lipinski definition) is 8. The Balaban J connectivity index is 0.000000421. The SMILES string of the molecule is CCCCCCCCCCCCCC(=O)OC.OC[C@H]1O[C@H](O[C@H]2O[C@H](CO)[C@@H](O)[C@H](O)[C@H]2O)[C@H](O)[C@@H](O)[C@@H]1O. The van der Waals surface area contributed by atoms with Crippen LogP contribution in [0.5, 0.6) is 0 Å². The van der Waals surface area contributed by atoms with Gasteiger partial charge >= 0.3 is 5.97 Å². The lowest BCUT2D eigenvalue weighted by atomic mass is 9.98. The van der Waals surface area contributed by atoms with Crippen LogP contribution in [0.1, 0.15) is 84.0 Å². The van der Waals surface area contributed by atoms with E-state index in [0.29, 0.717) is 6.42 Å². The van der Waals surface area contributed by atoms with Crippen LogP contribution in [0.4, 0.5) is 0 Å². The average molecular weight is 585 g/mol. The Morgan fingerprint density at radius 3 is 1.32 bits per heavy atom. The molecule has 0 spiro atoms. The second kappa shape index (κ2) is 20.8. The Morgan fingerprint density at radius 2 is 0.975 bits per heavy atom. The van der Waals surface area contributed by atoms with Gasteiger partial charge in [-0.2, -0.15) is 0 Å². The van der Waals surface area contributed by atoms with Gasteiger partial charge in [-0.25, -0.2) is 0 Å². The summed E-state index contributed by atoms with van der Waals surface area (Å²) in [6.07, 6.45) is -0.526. The second-order valence-electron chi connectivity index (χ2n) is 10.4. The molecule has 0 aliphatic carbocycles. The highest BCUT2D eigenvalue weighted by Crippen LogP contribution is 2.28. The van der Waals surface area contributed by atoms with Gasteiger partial charge in [0.2, 0.25) is 0 Å². The van der Waals surface area contributed by atoms with Crippen LogP contribution in [0.25, 0.3) is 0 Å². The van der Waals surface area contributed by atoms with E-state index < -0.39 is 74.6 Å². The molecule has 2 heterocycles. The van der Waals surface area contributed by atoms with Crippen molar-refractivity contribution in [3.05, 3.63) is 0 Å². The van der Waals surface area contributed by atoms with Crippen molar-refractivity contribution < 1.29 is 64.6 Å². The maximum atomic E-state index is 10.8. The highest BCUT2D eigenvalue weighted by Gasteiger charge is 2.49. The van der Waals surface area contributed by atoms with Crippen LogP contribution in [0.3, 0.4) is 0 Å². The lowest BCUT2D eigenvalue weighted by Crippen LogP contribution is -2.63. The van der Waals surface area contributed by atoms with Gasteiger partial charge in [0.15, 0.2) is 12.6 Å². The van der Waals surface area contributed by atoms with E-state index in [1.807, 2.05) is 0 Å². The number of aliphatic hydroxyl groups excluding tert-OH is 8. The highest BCUT2D eigenvalue weighted by molar-refractivity contribution is 5.68. The smallest absolute Gasteiger partial charge is 0.305 e. The van der Waals surface area contributed by atoms with Crippen LogP contribution in [0.2, 0.25) is 0 Å². The fourth-order valence-electron chi connectivity index (χ4n) is 4.53. The minimum Gasteiger partial charge on any atom is -0.469 e. The molecule has 238 valence electrons. The molecule has 0 amide bonds. The van der Waals surface area contributed by atoms with Crippen LogP contribution < -0.4 is 0 Å². The monoisotopic (exact) mass is 584 g/mol. The number of rotatable bonds is 16. The summed E-state index contributed by atoms with van der Waals surface area (Å²) in [6, 6.07) is 0. The molecule has 8 N–H and O–H groups in total. The Bertz CT molecular complexity index is 616.